The van der Waals surface area contributed by atoms with E-state index in [1.807, 2.05) is 11.1 Å². The molecule has 4 fully saturated rings. The maximum Gasteiger partial charge on any atom is 0.409 e. The lowest BCUT2D eigenvalue weighted by Crippen LogP contribution is -2.60. The van der Waals surface area contributed by atoms with Gasteiger partial charge in [0, 0.05) is 68.3 Å². The third kappa shape index (κ3) is 4.07. The monoisotopic (exact) mass is 505 g/mol. The van der Waals surface area contributed by atoms with E-state index in [1.54, 1.807) is 9.58 Å². The highest BCUT2D eigenvalue weighted by Gasteiger charge is 2.48. The highest BCUT2D eigenvalue weighted by Crippen LogP contribution is 2.49. The fraction of sp³-hybridized carbons (Fsp3) is 0.607. The van der Waals surface area contributed by atoms with Crippen molar-refractivity contribution in [3.05, 3.63) is 35.5 Å². The lowest BCUT2D eigenvalue weighted by Gasteiger charge is -2.47. The molecule has 0 bridgehead atoms. The summed E-state index contributed by atoms with van der Waals surface area (Å²) in [5.74, 6) is 1.49. The van der Waals surface area contributed by atoms with E-state index in [0.717, 1.165) is 73.6 Å². The summed E-state index contributed by atoms with van der Waals surface area (Å²) in [6, 6.07) is 6.20. The van der Waals surface area contributed by atoms with Crippen molar-refractivity contribution >= 4 is 12.0 Å². The number of amides is 2. The van der Waals surface area contributed by atoms with Gasteiger partial charge in [0.2, 0.25) is 5.91 Å². The number of aromatic nitrogens is 2. The van der Waals surface area contributed by atoms with Crippen molar-refractivity contribution in [2.24, 2.45) is 11.3 Å². The summed E-state index contributed by atoms with van der Waals surface area (Å²) in [6.45, 7) is 7.68. The Balaban J connectivity index is 1.11. The third-order valence-electron chi connectivity index (χ3n) is 8.95. The standard InChI is InChI=1S/C28H35N5O4/c1-19-2-5-21-23(12-19)37-28(7-10-31(11-8-28)26(35)36-15-20-3-4-20)22-13-33(30-25(21)22)14-24(34)32-17-27(18-32)6-9-29-16-27/h2,5,12-13,20,29H,3-4,6-11,14-18H2,1H3. The molecule has 5 heterocycles. The van der Waals surface area contributed by atoms with Crippen LogP contribution in [0.1, 0.15) is 43.2 Å². The topological polar surface area (TPSA) is 88.9 Å². The number of nitrogens with zero attached hydrogens (tertiary/aromatic N) is 4. The second kappa shape index (κ2) is 8.48. The SMILES string of the molecule is Cc1ccc2c(c1)OC1(CCN(C(=O)OCC3CC3)CC1)c1cn(CC(=O)N3CC4(CCNC4)C3)nc1-2. The van der Waals surface area contributed by atoms with Gasteiger partial charge in [0.15, 0.2) is 0 Å². The van der Waals surface area contributed by atoms with Crippen molar-refractivity contribution in [2.45, 2.75) is 51.2 Å². The van der Waals surface area contributed by atoms with Gasteiger partial charge in [-0.15, -0.1) is 0 Å². The van der Waals surface area contributed by atoms with Gasteiger partial charge >= 0.3 is 6.09 Å². The molecule has 1 saturated carbocycles. The van der Waals surface area contributed by atoms with Crippen LogP contribution in [0.2, 0.25) is 0 Å². The maximum atomic E-state index is 13.1. The van der Waals surface area contributed by atoms with Gasteiger partial charge in [-0.05, 0) is 56.3 Å². The fourth-order valence-corrected chi connectivity index (χ4v) is 6.44. The molecule has 1 aromatic carbocycles. The third-order valence-corrected chi connectivity index (χ3v) is 8.95. The number of ether oxygens (including phenoxy) is 2. The summed E-state index contributed by atoms with van der Waals surface area (Å²) in [7, 11) is 0. The minimum absolute atomic E-state index is 0.115. The molecule has 4 aliphatic heterocycles. The highest BCUT2D eigenvalue weighted by atomic mass is 16.6. The summed E-state index contributed by atoms with van der Waals surface area (Å²) in [5, 5.41) is 8.35. The molecule has 37 heavy (non-hydrogen) atoms. The van der Waals surface area contributed by atoms with Crippen LogP contribution >= 0.6 is 0 Å². The first-order valence-corrected chi connectivity index (χ1v) is 13.7. The van der Waals surface area contributed by atoms with E-state index >= 15 is 0 Å². The zero-order chi connectivity index (χ0) is 25.2. The van der Waals surface area contributed by atoms with E-state index in [0.29, 0.717) is 38.5 Å². The van der Waals surface area contributed by atoms with Gasteiger partial charge in [0.25, 0.3) is 0 Å². The fourth-order valence-electron chi connectivity index (χ4n) is 6.44. The Morgan fingerprint density at radius 1 is 1.16 bits per heavy atom. The van der Waals surface area contributed by atoms with Crippen LogP contribution in [0.5, 0.6) is 5.75 Å². The molecular formula is C28H35N5O4. The maximum absolute atomic E-state index is 13.1. The summed E-state index contributed by atoms with van der Waals surface area (Å²) in [4.78, 5) is 29.5. The second-order valence-electron chi connectivity index (χ2n) is 11.9. The highest BCUT2D eigenvalue weighted by molar-refractivity contribution is 5.78. The van der Waals surface area contributed by atoms with Gasteiger partial charge in [-0.2, -0.15) is 5.10 Å². The molecule has 0 atom stereocenters. The van der Waals surface area contributed by atoms with Gasteiger partial charge < -0.3 is 24.6 Å². The Bertz CT molecular complexity index is 1230. The molecule has 2 spiro atoms. The zero-order valence-electron chi connectivity index (χ0n) is 21.5. The van der Waals surface area contributed by atoms with E-state index in [-0.39, 0.29) is 24.0 Å². The first-order valence-electron chi connectivity index (χ1n) is 13.7. The van der Waals surface area contributed by atoms with Crippen LogP contribution in [0.4, 0.5) is 4.79 Å². The number of likely N-dealkylation sites (tertiary alicyclic amines) is 2. The number of carbonyl (C=O) groups excluding carboxylic acids is 2. The van der Waals surface area contributed by atoms with Crippen LogP contribution in [0.25, 0.3) is 11.3 Å². The minimum Gasteiger partial charge on any atom is -0.482 e. The number of fused-ring (bicyclic) bond motifs is 4. The first-order chi connectivity index (χ1) is 17.9. The summed E-state index contributed by atoms with van der Waals surface area (Å²) < 4.78 is 14.1. The molecule has 1 N–H and O–H groups in total. The Labute approximate surface area is 217 Å². The smallest absolute Gasteiger partial charge is 0.409 e. The molecule has 2 amide bonds. The normalized spacial score (nSPS) is 22.8. The van der Waals surface area contributed by atoms with Gasteiger partial charge in [0.05, 0.1) is 6.61 Å². The molecule has 196 valence electrons. The van der Waals surface area contributed by atoms with Crippen molar-refractivity contribution in [3.63, 3.8) is 0 Å². The average Bonchev–Trinajstić information content (AvgIpc) is 3.37. The number of piperidine rings is 1. The number of rotatable bonds is 4. The van der Waals surface area contributed by atoms with Crippen LogP contribution in [0, 0.1) is 18.3 Å². The lowest BCUT2D eigenvalue weighted by atomic mass is 9.79. The van der Waals surface area contributed by atoms with Crippen LogP contribution < -0.4 is 10.1 Å². The number of hydrogen-bond acceptors (Lipinski definition) is 6. The van der Waals surface area contributed by atoms with E-state index in [9.17, 15) is 9.59 Å². The van der Waals surface area contributed by atoms with Gasteiger partial charge in [-0.3, -0.25) is 9.48 Å². The zero-order valence-corrected chi connectivity index (χ0v) is 21.5. The Morgan fingerprint density at radius 2 is 1.97 bits per heavy atom. The molecule has 3 saturated heterocycles. The molecule has 9 heteroatoms. The Kier molecular flexibility index (Phi) is 5.29. The van der Waals surface area contributed by atoms with Crippen molar-refractivity contribution in [3.8, 4) is 17.0 Å². The van der Waals surface area contributed by atoms with Crippen molar-refractivity contribution in [2.75, 3.05) is 45.9 Å². The van der Waals surface area contributed by atoms with Gasteiger partial charge in [-0.1, -0.05) is 6.07 Å². The Hall–Kier alpha value is -3.07. The van der Waals surface area contributed by atoms with Crippen LogP contribution in [0.15, 0.2) is 24.4 Å². The van der Waals surface area contributed by atoms with E-state index in [1.165, 1.54) is 0 Å². The van der Waals surface area contributed by atoms with Crippen molar-refractivity contribution in [1.29, 1.82) is 0 Å². The number of carbonyl (C=O) groups is 2. The van der Waals surface area contributed by atoms with E-state index in [4.69, 9.17) is 14.6 Å². The quantitative estimate of drug-likeness (QED) is 0.688. The second-order valence-corrected chi connectivity index (χ2v) is 11.9. The summed E-state index contributed by atoms with van der Waals surface area (Å²) >= 11 is 0. The molecule has 1 aliphatic carbocycles. The van der Waals surface area contributed by atoms with Gasteiger partial charge in [0.1, 0.15) is 23.6 Å². The molecule has 1 aromatic heterocycles. The molecular weight excluding hydrogens is 470 g/mol. The van der Waals surface area contributed by atoms with E-state index < -0.39 is 5.60 Å². The molecule has 0 radical (unpaired) electrons. The van der Waals surface area contributed by atoms with Crippen molar-refractivity contribution < 1.29 is 19.1 Å². The molecule has 9 nitrogen and oxygen atoms in total. The largest absolute Gasteiger partial charge is 0.482 e. The predicted octanol–water partition coefficient (Wildman–Crippen LogP) is 2.91. The molecule has 7 rings (SSSR count). The average molecular weight is 506 g/mol. The number of benzene rings is 1. The van der Waals surface area contributed by atoms with Crippen molar-refractivity contribution in [1.82, 2.24) is 24.9 Å². The van der Waals surface area contributed by atoms with Crippen LogP contribution in [-0.4, -0.2) is 77.5 Å². The van der Waals surface area contributed by atoms with Gasteiger partial charge in [-0.25, -0.2) is 4.79 Å². The van der Waals surface area contributed by atoms with E-state index in [2.05, 4.69) is 30.4 Å². The summed E-state index contributed by atoms with van der Waals surface area (Å²) in [5.41, 5.74) is 3.70. The minimum atomic E-state index is -0.568. The molecule has 0 unspecified atom stereocenters. The molecule has 5 aliphatic rings. The predicted molar refractivity (Wildman–Crippen MR) is 136 cm³/mol. The van der Waals surface area contributed by atoms with Crippen LogP contribution in [-0.2, 0) is 21.7 Å². The molecule has 2 aromatic rings. The first kappa shape index (κ1) is 23.1. The number of aryl methyl sites for hydroxylation is 1. The number of nitrogens with one attached hydrogen (secondary N) is 1. The lowest BCUT2D eigenvalue weighted by molar-refractivity contribution is -0.143. The summed E-state index contributed by atoms with van der Waals surface area (Å²) in [6.07, 6.45) is 6.57. The van der Waals surface area contributed by atoms with Crippen LogP contribution in [0.3, 0.4) is 0 Å². The Morgan fingerprint density at radius 3 is 2.70 bits per heavy atom. The number of hydrogen-bond donors (Lipinski definition) is 1.